The molecule has 2 N–H and O–H groups in total. The summed E-state index contributed by atoms with van der Waals surface area (Å²) < 4.78 is 0. The average Bonchev–Trinajstić information content (AvgIpc) is 2.44. The molecule has 2 aliphatic rings. The molecule has 1 heterocycles. The number of allylic oxidation sites excluding steroid dienone is 4. The highest BCUT2D eigenvalue weighted by Crippen LogP contribution is 2.32. The number of carboxylic acid groups (broad SMARTS) is 1. The number of aliphatic imine (C=N–C) groups is 1. The molecule has 0 saturated carbocycles. The van der Waals surface area contributed by atoms with E-state index >= 15 is 0 Å². The maximum atomic E-state index is 10.4. The first-order valence-corrected chi connectivity index (χ1v) is 5.12. The first kappa shape index (κ1) is 9.42. The van der Waals surface area contributed by atoms with Crippen LogP contribution in [0.1, 0.15) is 0 Å². The minimum Gasteiger partial charge on any atom is -0.465 e. The fourth-order valence-corrected chi connectivity index (χ4v) is 2.40. The van der Waals surface area contributed by atoms with Gasteiger partial charge < -0.3 is 5.11 Å². The number of nitrogens with zero attached hydrogens (tertiary/aromatic N) is 1. The van der Waals surface area contributed by atoms with Gasteiger partial charge in [-0.2, -0.15) is 0 Å². The lowest BCUT2D eigenvalue weighted by atomic mass is 10.2. The molecule has 0 saturated heterocycles. The lowest BCUT2D eigenvalue weighted by molar-refractivity contribution is 0.194. The Hall–Kier alpha value is -1.14. The third-order valence-corrected chi connectivity index (χ3v) is 2.95. The molecular formula is C8H6N2O2S2. The van der Waals surface area contributed by atoms with E-state index in [0.717, 1.165) is 15.5 Å². The molecule has 1 amide bonds. The van der Waals surface area contributed by atoms with Gasteiger partial charge in [-0.1, -0.05) is 24.0 Å². The molecule has 0 bridgehead atoms. The van der Waals surface area contributed by atoms with Gasteiger partial charge in [-0.05, 0) is 18.2 Å². The van der Waals surface area contributed by atoms with Gasteiger partial charge in [-0.25, -0.2) is 9.79 Å². The first-order valence-electron chi connectivity index (χ1n) is 3.83. The number of rotatable bonds is 1. The number of thioether (sulfide) groups is 1. The van der Waals surface area contributed by atoms with Crippen LogP contribution in [-0.4, -0.2) is 27.3 Å². The molecular weight excluding hydrogens is 220 g/mol. The highest BCUT2D eigenvalue weighted by Gasteiger charge is 2.24. The Morgan fingerprint density at radius 1 is 1.64 bits per heavy atom. The van der Waals surface area contributed by atoms with Crippen molar-refractivity contribution in [2.75, 3.05) is 0 Å². The Labute approximate surface area is 89.8 Å². The minimum atomic E-state index is -1.07. The molecule has 0 aromatic heterocycles. The van der Waals surface area contributed by atoms with E-state index in [2.05, 4.69) is 10.3 Å². The van der Waals surface area contributed by atoms with Gasteiger partial charge in [-0.15, -0.1) is 0 Å². The summed E-state index contributed by atoms with van der Waals surface area (Å²) in [7, 11) is 0. The Kier molecular flexibility index (Phi) is 2.39. The molecule has 1 aliphatic heterocycles. The number of fused-ring (bicyclic) bond motifs is 1. The van der Waals surface area contributed by atoms with E-state index in [1.165, 1.54) is 11.8 Å². The number of nitrogens with one attached hydrogen (secondary N) is 1. The summed E-state index contributed by atoms with van der Waals surface area (Å²) in [5.41, 5.74) is 0.349. The number of amides is 1. The SMILES string of the molecule is O=C(O)NC1N=C2C=CC(=S)C=C2S1. The summed E-state index contributed by atoms with van der Waals surface area (Å²) in [6.07, 6.45) is 4.33. The van der Waals surface area contributed by atoms with E-state index in [1.807, 2.05) is 6.08 Å². The smallest absolute Gasteiger partial charge is 0.407 e. The summed E-state index contributed by atoms with van der Waals surface area (Å²) >= 11 is 6.34. The summed E-state index contributed by atoms with van der Waals surface area (Å²) in [5, 5.41) is 10.8. The summed E-state index contributed by atoms with van der Waals surface area (Å²) in [6, 6.07) is 0. The van der Waals surface area contributed by atoms with Gasteiger partial charge >= 0.3 is 6.09 Å². The van der Waals surface area contributed by atoms with E-state index < -0.39 is 11.6 Å². The summed E-state index contributed by atoms with van der Waals surface area (Å²) in [5.74, 6) is 0. The van der Waals surface area contributed by atoms with Gasteiger partial charge in [0.05, 0.1) is 5.71 Å². The molecule has 0 aromatic carbocycles. The quantitative estimate of drug-likeness (QED) is 0.666. The second-order valence-corrected chi connectivity index (χ2v) is 4.27. The maximum absolute atomic E-state index is 10.4. The maximum Gasteiger partial charge on any atom is 0.407 e. The third kappa shape index (κ3) is 1.85. The van der Waals surface area contributed by atoms with Gasteiger partial charge in [0.25, 0.3) is 0 Å². The predicted octanol–water partition coefficient (Wildman–Crippen LogP) is 1.55. The Morgan fingerprint density at radius 3 is 3.14 bits per heavy atom. The van der Waals surface area contributed by atoms with Crippen LogP contribution in [-0.2, 0) is 0 Å². The Balaban J connectivity index is 2.16. The molecule has 0 radical (unpaired) electrons. The fourth-order valence-electron chi connectivity index (χ4n) is 1.14. The van der Waals surface area contributed by atoms with E-state index in [4.69, 9.17) is 17.3 Å². The summed E-state index contributed by atoms with van der Waals surface area (Å²) in [6.45, 7) is 0. The van der Waals surface area contributed by atoms with E-state index in [1.54, 1.807) is 12.2 Å². The van der Waals surface area contributed by atoms with Gasteiger partial charge in [0.2, 0.25) is 0 Å². The van der Waals surface area contributed by atoms with Crippen LogP contribution in [0, 0.1) is 0 Å². The van der Waals surface area contributed by atoms with Crippen molar-refractivity contribution in [3.8, 4) is 0 Å². The van der Waals surface area contributed by atoms with Gasteiger partial charge in [0, 0.05) is 9.77 Å². The van der Waals surface area contributed by atoms with Crippen molar-refractivity contribution in [2.45, 2.75) is 5.50 Å². The first-order chi connectivity index (χ1) is 6.65. The van der Waals surface area contributed by atoms with E-state index in [-0.39, 0.29) is 0 Å². The minimum absolute atomic E-state index is 0.445. The molecule has 1 unspecified atom stereocenters. The number of hydrogen-bond donors (Lipinski definition) is 2. The van der Waals surface area contributed by atoms with Gasteiger partial charge in [0.15, 0.2) is 5.50 Å². The fraction of sp³-hybridized carbons (Fsp3) is 0.125. The highest BCUT2D eigenvalue weighted by molar-refractivity contribution is 8.05. The second-order valence-electron chi connectivity index (χ2n) is 2.68. The van der Waals surface area contributed by atoms with Gasteiger partial charge in [0.1, 0.15) is 0 Å². The molecule has 4 nitrogen and oxygen atoms in total. The lowest BCUT2D eigenvalue weighted by Crippen LogP contribution is -2.27. The largest absolute Gasteiger partial charge is 0.465 e. The van der Waals surface area contributed by atoms with Gasteiger partial charge in [-0.3, -0.25) is 5.32 Å². The molecule has 1 aliphatic carbocycles. The van der Waals surface area contributed by atoms with Crippen LogP contribution in [0.2, 0.25) is 0 Å². The van der Waals surface area contributed by atoms with Crippen LogP contribution >= 0.6 is 24.0 Å². The number of hydrogen-bond acceptors (Lipinski definition) is 4. The predicted molar refractivity (Wildman–Crippen MR) is 59.8 cm³/mol. The van der Waals surface area contributed by atoms with Crippen molar-refractivity contribution in [1.29, 1.82) is 0 Å². The zero-order valence-corrected chi connectivity index (χ0v) is 8.56. The van der Waals surface area contributed by atoms with E-state index in [0.29, 0.717) is 0 Å². The van der Waals surface area contributed by atoms with Crippen molar-refractivity contribution in [1.82, 2.24) is 5.32 Å². The van der Waals surface area contributed by atoms with Crippen molar-refractivity contribution >= 4 is 40.6 Å². The van der Waals surface area contributed by atoms with Crippen molar-refractivity contribution in [3.63, 3.8) is 0 Å². The molecule has 2 rings (SSSR count). The normalized spacial score (nSPS) is 24.0. The van der Waals surface area contributed by atoms with Crippen LogP contribution in [0.5, 0.6) is 0 Å². The molecule has 0 fully saturated rings. The molecule has 72 valence electrons. The van der Waals surface area contributed by atoms with Crippen molar-refractivity contribution in [2.24, 2.45) is 4.99 Å². The van der Waals surface area contributed by atoms with Crippen molar-refractivity contribution in [3.05, 3.63) is 23.1 Å². The Morgan fingerprint density at radius 2 is 2.43 bits per heavy atom. The average molecular weight is 226 g/mol. The molecule has 0 spiro atoms. The van der Waals surface area contributed by atoms with E-state index in [9.17, 15) is 4.79 Å². The molecule has 6 heteroatoms. The van der Waals surface area contributed by atoms with Crippen LogP contribution in [0.25, 0.3) is 0 Å². The summed E-state index contributed by atoms with van der Waals surface area (Å²) in [4.78, 5) is 16.2. The third-order valence-electron chi connectivity index (χ3n) is 1.67. The standard InChI is InChI=1S/C8H6N2O2S2/c11-8(12)10-7-9-5-2-1-4(13)3-6(5)14-7/h1-3,7,10H,(H,11,12). The zero-order valence-electron chi connectivity index (χ0n) is 6.93. The molecule has 14 heavy (non-hydrogen) atoms. The monoisotopic (exact) mass is 226 g/mol. The van der Waals surface area contributed by atoms with Crippen LogP contribution in [0.4, 0.5) is 4.79 Å². The lowest BCUT2D eigenvalue weighted by Gasteiger charge is -2.04. The zero-order chi connectivity index (χ0) is 10.1. The number of thiocarbonyl (C=S) groups is 1. The van der Waals surface area contributed by atoms with Crippen molar-refractivity contribution < 1.29 is 9.90 Å². The topological polar surface area (TPSA) is 61.7 Å². The second kappa shape index (κ2) is 3.55. The van der Waals surface area contributed by atoms with Crippen LogP contribution in [0.15, 0.2) is 28.1 Å². The van der Waals surface area contributed by atoms with Crippen LogP contribution in [0.3, 0.4) is 0 Å². The molecule has 1 atom stereocenters. The molecule has 0 aromatic rings. The highest BCUT2D eigenvalue weighted by atomic mass is 32.2. The Bertz CT molecular complexity index is 398. The van der Waals surface area contributed by atoms with Crippen LogP contribution < -0.4 is 5.32 Å². The number of carbonyl (C=O) groups is 1.